The first-order valence-electron chi connectivity index (χ1n) is 5.36. The summed E-state index contributed by atoms with van der Waals surface area (Å²) < 4.78 is 0. The molecule has 1 aliphatic rings. The second kappa shape index (κ2) is 6.10. The first kappa shape index (κ1) is 13.3. The number of rotatable bonds is 4. The maximum atomic E-state index is 11.8. The molecule has 0 aromatic heterocycles. The number of carbonyl (C=O) groups is 2. The van der Waals surface area contributed by atoms with E-state index in [0.717, 1.165) is 12.3 Å². The van der Waals surface area contributed by atoms with Crippen LogP contribution in [-0.4, -0.2) is 47.1 Å². The maximum Gasteiger partial charge on any atom is 0.326 e. The third kappa shape index (κ3) is 3.68. The van der Waals surface area contributed by atoms with E-state index in [1.807, 2.05) is 0 Å². The molecule has 0 spiro atoms. The van der Waals surface area contributed by atoms with Crippen LogP contribution in [0.4, 0.5) is 0 Å². The van der Waals surface area contributed by atoms with Gasteiger partial charge in [-0.25, -0.2) is 4.79 Å². The van der Waals surface area contributed by atoms with Crippen LogP contribution in [0.3, 0.4) is 0 Å². The molecule has 0 aromatic carbocycles. The molecule has 3 N–H and O–H groups in total. The summed E-state index contributed by atoms with van der Waals surface area (Å²) in [7, 11) is 0. The Balaban J connectivity index is 2.50. The van der Waals surface area contributed by atoms with Crippen LogP contribution in [0, 0.1) is 5.92 Å². The summed E-state index contributed by atoms with van der Waals surface area (Å²) in [4.78, 5) is 22.7. The first-order valence-corrected chi connectivity index (χ1v) is 6.52. The summed E-state index contributed by atoms with van der Waals surface area (Å²) >= 11 is 1.70. The first-order chi connectivity index (χ1) is 7.52. The second-order valence-electron chi connectivity index (χ2n) is 4.15. The van der Waals surface area contributed by atoms with Crippen LogP contribution in [0.2, 0.25) is 0 Å². The minimum atomic E-state index is -0.980. The van der Waals surface area contributed by atoms with Gasteiger partial charge in [0.25, 0.3) is 0 Å². The van der Waals surface area contributed by atoms with Gasteiger partial charge in [-0.05, 0) is 5.92 Å². The zero-order valence-corrected chi connectivity index (χ0v) is 10.3. The van der Waals surface area contributed by atoms with Crippen molar-refractivity contribution in [1.82, 2.24) is 10.6 Å². The lowest BCUT2D eigenvalue weighted by atomic mass is 10.0. The van der Waals surface area contributed by atoms with Crippen LogP contribution in [0.25, 0.3) is 0 Å². The molecule has 1 fully saturated rings. The van der Waals surface area contributed by atoms with Crippen molar-refractivity contribution in [3.05, 3.63) is 0 Å². The predicted octanol–water partition coefficient (Wildman–Crippen LogP) is -0.0832. The average Bonchev–Trinajstić information content (AvgIpc) is 2.25. The molecule has 1 saturated heterocycles. The van der Waals surface area contributed by atoms with E-state index in [0.29, 0.717) is 5.75 Å². The van der Waals surface area contributed by atoms with Gasteiger partial charge < -0.3 is 15.7 Å². The molecule has 92 valence electrons. The fraction of sp³-hybridized carbons (Fsp3) is 0.800. The van der Waals surface area contributed by atoms with Gasteiger partial charge in [0, 0.05) is 18.1 Å². The van der Waals surface area contributed by atoms with E-state index in [2.05, 4.69) is 10.6 Å². The van der Waals surface area contributed by atoms with Gasteiger partial charge in [-0.1, -0.05) is 13.8 Å². The van der Waals surface area contributed by atoms with Gasteiger partial charge in [-0.15, -0.1) is 0 Å². The number of nitrogens with one attached hydrogen (secondary N) is 2. The zero-order valence-electron chi connectivity index (χ0n) is 9.53. The van der Waals surface area contributed by atoms with Gasteiger partial charge in [0.2, 0.25) is 5.91 Å². The third-order valence-corrected chi connectivity index (χ3v) is 3.53. The molecule has 1 rings (SSSR count). The highest BCUT2D eigenvalue weighted by Gasteiger charge is 2.28. The Labute approximate surface area is 99.4 Å². The van der Waals surface area contributed by atoms with E-state index in [9.17, 15) is 9.59 Å². The van der Waals surface area contributed by atoms with Gasteiger partial charge in [-0.3, -0.25) is 4.79 Å². The number of aliphatic carboxylic acids is 1. The second-order valence-corrected chi connectivity index (χ2v) is 5.30. The molecule has 6 heteroatoms. The Morgan fingerprint density at radius 2 is 2.19 bits per heavy atom. The lowest BCUT2D eigenvalue weighted by Crippen LogP contribution is -2.54. The normalized spacial score (nSPS) is 22.8. The minimum absolute atomic E-state index is 0.113. The summed E-state index contributed by atoms with van der Waals surface area (Å²) in [6.07, 6.45) is 0. The van der Waals surface area contributed by atoms with E-state index in [-0.39, 0.29) is 17.9 Å². The van der Waals surface area contributed by atoms with E-state index < -0.39 is 12.0 Å². The van der Waals surface area contributed by atoms with Gasteiger partial charge >= 0.3 is 5.97 Å². The quantitative estimate of drug-likeness (QED) is 0.646. The Morgan fingerprint density at radius 3 is 2.62 bits per heavy atom. The fourth-order valence-corrected chi connectivity index (χ4v) is 2.44. The number of carbonyl (C=O) groups excluding carboxylic acids is 1. The summed E-state index contributed by atoms with van der Waals surface area (Å²) in [5.74, 6) is 0.393. The van der Waals surface area contributed by atoms with Crippen LogP contribution in [0.5, 0.6) is 0 Å². The molecule has 1 aliphatic heterocycles. The topological polar surface area (TPSA) is 78.4 Å². The Morgan fingerprint density at radius 1 is 1.50 bits per heavy atom. The molecule has 1 amide bonds. The molecule has 1 unspecified atom stereocenters. The van der Waals surface area contributed by atoms with E-state index >= 15 is 0 Å². The molecule has 0 radical (unpaired) electrons. The lowest BCUT2D eigenvalue weighted by Gasteiger charge is -2.25. The Kier molecular flexibility index (Phi) is 5.08. The lowest BCUT2D eigenvalue weighted by molar-refractivity contribution is -0.143. The highest BCUT2D eigenvalue weighted by Crippen LogP contribution is 2.09. The molecule has 0 bridgehead atoms. The molecule has 2 atom stereocenters. The third-order valence-electron chi connectivity index (χ3n) is 2.47. The maximum absolute atomic E-state index is 11.8. The monoisotopic (exact) mass is 246 g/mol. The molecular formula is C10H18N2O3S. The van der Waals surface area contributed by atoms with Gasteiger partial charge in [0.1, 0.15) is 6.04 Å². The van der Waals surface area contributed by atoms with Crippen molar-refractivity contribution in [2.45, 2.75) is 25.9 Å². The largest absolute Gasteiger partial charge is 0.480 e. The molecule has 16 heavy (non-hydrogen) atoms. The van der Waals surface area contributed by atoms with Gasteiger partial charge in [0.05, 0.1) is 6.04 Å². The molecular weight excluding hydrogens is 228 g/mol. The van der Waals surface area contributed by atoms with Crippen molar-refractivity contribution in [3.8, 4) is 0 Å². The summed E-state index contributed by atoms with van der Waals surface area (Å²) in [5, 5.41) is 14.6. The summed E-state index contributed by atoms with van der Waals surface area (Å²) in [5.41, 5.74) is 0. The molecule has 0 saturated carbocycles. The van der Waals surface area contributed by atoms with E-state index in [4.69, 9.17) is 5.11 Å². The number of carboxylic acids is 1. The minimum Gasteiger partial charge on any atom is -0.480 e. The summed E-state index contributed by atoms with van der Waals surface area (Å²) in [6.45, 7) is 4.35. The van der Waals surface area contributed by atoms with Crippen molar-refractivity contribution in [1.29, 1.82) is 0 Å². The SMILES string of the molecule is CC(C)[C@H](NC(=O)C1CSCCN1)C(=O)O. The van der Waals surface area contributed by atoms with E-state index in [1.165, 1.54) is 0 Å². The fourth-order valence-electron chi connectivity index (χ4n) is 1.50. The number of hydrogen-bond donors (Lipinski definition) is 3. The molecule has 0 aliphatic carbocycles. The van der Waals surface area contributed by atoms with Gasteiger partial charge in [-0.2, -0.15) is 11.8 Å². The van der Waals surface area contributed by atoms with E-state index in [1.54, 1.807) is 25.6 Å². The Bertz CT molecular complexity index is 265. The van der Waals surface area contributed by atoms with Crippen molar-refractivity contribution >= 4 is 23.6 Å². The highest BCUT2D eigenvalue weighted by atomic mass is 32.2. The van der Waals surface area contributed by atoms with Gasteiger partial charge in [0.15, 0.2) is 0 Å². The van der Waals surface area contributed by atoms with Crippen molar-refractivity contribution in [3.63, 3.8) is 0 Å². The average molecular weight is 246 g/mol. The predicted molar refractivity (Wildman–Crippen MR) is 63.5 cm³/mol. The van der Waals surface area contributed by atoms with Crippen LogP contribution >= 0.6 is 11.8 Å². The number of amides is 1. The van der Waals surface area contributed by atoms with Crippen molar-refractivity contribution in [2.24, 2.45) is 5.92 Å². The van der Waals surface area contributed by atoms with Crippen molar-refractivity contribution < 1.29 is 14.7 Å². The Hall–Kier alpha value is -0.750. The smallest absolute Gasteiger partial charge is 0.326 e. The standard InChI is InChI=1S/C10H18N2O3S/c1-6(2)8(10(14)15)12-9(13)7-5-16-4-3-11-7/h6-8,11H,3-5H2,1-2H3,(H,12,13)(H,14,15)/t7?,8-/m0/s1. The molecule has 0 aromatic rings. The van der Waals surface area contributed by atoms with Crippen LogP contribution < -0.4 is 10.6 Å². The summed E-state index contributed by atoms with van der Waals surface area (Å²) in [6, 6.07) is -1.07. The van der Waals surface area contributed by atoms with Crippen LogP contribution in [0.1, 0.15) is 13.8 Å². The molecule has 5 nitrogen and oxygen atoms in total. The van der Waals surface area contributed by atoms with Crippen LogP contribution in [0.15, 0.2) is 0 Å². The van der Waals surface area contributed by atoms with Crippen LogP contribution in [-0.2, 0) is 9.59 Å². The molecule has 1 heterocycles. The number of thioether (sulfide) groups is 1. The number of carboxylic acid groups (broad SMARTS) is 1. The van der Waals surface area contributed by atoms with Crippen molar-refractivity contribution in [2.75, 3.05) is 18.1 Å². The number of hydrogen-bond acceptors (Lipinski definition) is 4. The zero-order chi connectivity index (χ0) is 12.1. The highest BCUT2D eigenvalue weighted by molar-refractivity contribution is 7.99.